The van der Waals surface area contributed by atoms with E-state index in [0.717, 1.165) is 16.8 Å². The van der Waals surface area contributed by atoms with Gasteiger partial charge in [-0.1, -0.05) is 18.2 Å². The lowest BCUT2D eigenvalue weighted by molar-refractivity contribution is -0.115. The van der Waals surface area contributed by atoms with Crippen molar-refractivity contribution in [3.05, 3.63) is 82.0 Å². The average Bonchev–Trinajstić information content (AvgIpc) is 3.32. The van der Waals surface area contributed by atoms with Gasteiger partial charge in [-0.25, -0.2) is 9.79 Å². The minimum absolute atomic E-state index is 0.210. The van der Waals surface area contributed by atoms with Crippen molar-refractivity contribution in [3.8, 4) is 11.3 Å². The molecule has 0 aliphatic carbocycles. The van der Waals surface area contributed by atoms with Crippen molar-refractivity contribution in [2.75, 3.05) is 0 Å². The van der Waals surface area contributed by atoms with Gasteiger partial charge in [0.05, 0.1) is 16.2 Å². The molecule has 0 unspecified atom stereocenters. The van der Waals surface area contributed by atoms with Gasteiger partial charge in [-0.15, -0.1) is 0 Å². The molecule has 150 valence electrons. The van der Waals surface area contributed by atoms with Crippen LogP contribution in [0.25, 0.3) is 17.4 Å². The van der Waals surface area contributed by atoms with Crippen LogP contribution in [0.1, 0.15) is 27.2 Å². The highest BCUT2D eigenvalue weighted by Crippen LogP contribution is 2.30. The van der Waals surface area contributed by atoms with Crippen LogP contribution in [0, 0.1) is 13.8 Å². The quantitative estimate of drug-likeness (QED) is 0.572. The van der Waals surface area contributed by atoms with Gasteiger partial charge < -0.3 is 14.8 Å². The SMILES string of the molecule is Cc1ccc(N=C2NC(=O)/C(=C/c3ccc(-c4ccc(C(=O)O)cc4)o3)S2)cc1C. The Hall–Kier alpha value is -3.58. The molecule has 0 atom stereocenters. The molecule has 0 bridgehead atoms. The van der Waals surface area contributed by atoms with E-state index in [1.807, 2.05) is 32.0 Å². The van der Waals surface area contributed by atoms with Gasteiger partial charge in [0, 0.05) is 11.6 Å². The number of nitrogens with zero attached hydrogens (tertiary/aromatic N) is 1. The standard InChI is InChI=1S/C23H18N2O4S/c1-13-3-8-17(11-14(13)2)24-23-25-21(26)20(30-23)12-18-9-10-19(29-18)15-4-6-16(7-5-15)22(27)28/h3-12H,1-2H3,(H,27,28)(H,24,25,26)/b20-12-. The number of amidine groups is 1. The molecule has 0 saturated carbocycles. The third-order valence-electron chi connectivity index (χ3n) is 4.69. The van der Waals surface area contributed by atoms with E-state index in [4.69, 9.17) is 9.52 Å². The van der Waals surface area contributed by atoms with E-state index < -0.39 is 5.97 Å². The zero-order valence-corrected chi connectivity index (χ0v) is 17.1. The number of furan rings is 1. The fourth-order valence-corrected chi connectivity index (χ4v) is 3.71. The molecule has 1 aliphatic rings. The fraction of sp³-hybridized carbons (Fsp3) is 0.0870. The maximum atomic E-state index is 12.3. The van der Waals surface area contributed by atoms with Crippen molar-refractivity contribution in [1.82, 2.24) is 5.32 Å². The molecule has 0 radical (unpaired) electrons. The van der Waals surface area contributed by atoms with Gasteiger partial charge in [0.1, 0.15) is 11.5 Å². The van der Waals surface area contributed by atoms with Gasteiger partial charge >= 0.3 is 5.97 Å². The largest absolute Gasteiger partial charge is 0.478 e. The monoisotopic (exact) mass is 418 g/mol. The Bertz CT molecular complexity index is 1210. The lowest BCUT2D eigenvalue weighted by atomic mass is 10.1. The van der Waals surface area contributed by atoms with E-state index in [2.05, 4.69) is 10.3 Å². The zero-order valence-electron chi connectivity index (χ0n) is 16.3. The van der Waals surface area contributed by atoms with E-state index in [9.17, 15) is 9.59 Å². The van der Waals surface area contributed by atoms with Crippen LogP contribution in [0.5, 0.6) is 0 Å². The molecular formula is C23H18N2O4S. The topological polar surface area (TPSA) is 91.9 Å². The highest BCUT2D eigenvalue weighted by Gasteiger charge is 2.24. The Balaban J connectivity index is 1.52. The first-order chi connectivity index (χ1) is 14.4. The highest BCUT2D eigenvalue weighted by atomic mass is 32.2. The van der Waals surface area contributed by atoms with Crippen molar-refractivity contribution >= 4 is 40.6 Å². The number of aliphatic imine (C=N–C) groups is 1. The van der Waals surface area contributed by atoms with E-state index in [1.54, 1.807) is 30.3 Å². The third-order valence-corrected chi connectivity index (χ3v) is 5.60. The molecule has 6 nitrogen and oxygen atoms in total. The predicted molar refractivity (Wildman–Crippen MR) is 118 cm³/mol. The van der Waals surface area contributed by atoms with E-state index >= 15 is 0 Å². The smallest absolute Gasteiger partial charge is 0.335 e. The summed E-state index contributed by atoms with van der Waals surface area (Å²) < 4.78 is 5.81. The molecule has 30 heavy (non-hydrogen) atoms. The highest BCUT2D eigenvalue weighted by molar-refractivity contribution is 8.18. The summed E-state index contributed by atoms with van der Waals surface area (Å²) in [6.45, 7) is 4.06. The summed E-state index contributed by atoms with van der Waals surface area (Å²) in [6.07, 6.45) is 1.66. The van der Waals surface area contributed by atoms with Gasteiger partial charge in [-0.2, -0.15) is 0 Å². The van der Waals surface area contributed by atoms with Crippen LogP contribution in [0.3, 0.4) is 0 Å². The number of aromatic carboxylic acids is 1. The summed E-state index contributed by atoms with van der Waals surface area (Å²) in [7, 11) is 0. The van der Waals surface area contributed by atoms with Gasteiger partial charge in [0.2, 0.25) is 0 Å². The second-order valence-electron chi connectivity index (χ2n) is 6.83. The van der Waals surface area contributed by atoms with E-state index in [0.29, 0.717) is 21.6 Å². The Kier molecular flexibility index (Phi) is 5.29. The number of thioether (sulfide) groups is 1. The van der Waals surface area contributed by atoms with Crippen LogP contribution in [0.2, 0.25) is 0 Å². The molecule has 2 aromatic carbocycles. The number of carboxylic acid groups (broad SMARTS) is 1. The number of hydrogen-bond acceptors (Lipinski definition) is 5. The Morgan fingerprint density at radius 3 is 2.53 bits per heavy atom. The molecule has 0 spiro atoms. The molecule has 1 aromatic heterocycles. The Labute approximate surface area is 177 Å². The van der Waals surface area contributed by atoms with Crippen molar-refractivity contribution in [2.24, 2.45) is 4.99 Å². The van der Waals surface area contributed by atoms with E-state index in [1.165, 1.54) is 29.5 Å². The predicted octanol–water partition coefficient (Wildman–Crippen LogP) is 5.15. The van der Waals surface area contributed by atoms with Crippen molar-refractivity contribution < 1.29 is 19.1 Å². The summed E-state index contributed by atoms with van der Waals surface area (Å²) in [5.74, 6) is -0.0936. The minimum Gasteiger partial charge on any atom is -0.478 e. The summed E-state index contributed by atoms with van der Waals surface area (Å²) in [5.41, 5.74) is 4.08. The number of rotatable bonds is 4. The van der Waals surface area contributed by atoms with Gasteiger partial charge in [0.15, 0.2) is 5.17 Å². The van der Waals surface area contributed by atoms with Crippen molar-refractivity contribution in [2.45, 2.75) is 13.8 Å². The summed E-state index contributed by atoms with van der Waals surface area (Å²) in [4.78, 5) is 28.3. The minimum atomic E-state index is -0.978. The maximum Gasteiger partial charge on any atom is 0.335 e. The number of nitrogens with one attached hydrogen (secondary N) is 1. The zero-order chi connectivity index (χ0) is 21.3. The summed E-state index contributed by atoms with van der Waals surface area (Å²) >= 11 is 1.25. The lowest BCUT2D eigenvalue weighted by Crippen LogP contribution is -2.19. The van der Waals surface area contributed by atoms with Crippen LogP contribution in [0.15, 0.2) is 68.9 Å². The molecule has 2 N–H and O–H groups in total. The molecule has 4 rings (SSSR count). The number of benzene rings is 2. The number of hydrogen-bond donors (Lipinski definition) is 2. The first kappa shape index (κ1) is 19.7. The fourth-order valence-electron chi connectivity index (χ4n) is 2.88. The normalized spacial score (nSPS) is 16.3. The number of aryl methyl sites for hydroxylation is 2. The molecule has 2 heterocycles. The molecular weight excluding hydrogens is 400 g/mol. The van der Waals surface area contributed by atoms with Gasteiger partial charge in [-0.05, 0) is 73.1 Å². The maximum absolute atomic E-state index is 12.3. The Morgan fingerprint density at radius 2 is 1.83 bits per heavy atom. The van der Waals surface area contributed by atoms with E-state index in [-0.39, 0.29) is 11.5 Å². The third kappa shape index (κ3) is 4.21. The van der Waals surface area contributed by atoms with Gasteiger partial charge in [0.25, 0.3) is 5.91 Å². The molecule has 1 aliphatic heterocycles. The van der Waals surface area contributed by atoms with Crippen LogP contribution in [-0.2, 0) is 4.79 Å². The number of carbonyl (C=O) groups excluding carboxylic acids is 1. The second-order valence-corrected chi connectivity index (χ2v) is 7.87. The summed E-state index contributed by atoms with van der Waals surface area (Å²) in [6, 6.07) is 15.9. The van der Waals surface area contributed by atoms with Crippen LogP contribution >= 0.6 is 11.8 Å². The summed E-state index contributed by atoms with van der Waals surface area (Å²) in [5, 5.41) is 12.3. The number of carboxylic acids is 1. The van der Waals surface area contributed by atoms with Crippen molar-refractivity contribution in [3.63, 3.8) is 0 Å². The number of amides is 1. The van der Waals surface area contributed by atoms with Crippen LogP contribution < -0.4 is 5.32 Å². The van der Waals surface area contributed by atoms with Crippen molar-refractivity contribution in [1.29, 1.82) is 0 Å². The van der Waals surface area contributed by atoms with Crippen LogP contribution in [0.4, 0.5) is 5.69 Å². The molecule has 1 saturated heterocycles. The Morgan fingerprint density at radius 1 is 1.07 bits per heavy atom. The first-order valence-electron chi connectivity index (χ1n) is 9.19. The lowest BCUT2D eigenvalue weighted by Gasteiger charge is -2.01. The molecule has 1 fully saturated rings. The number of carbonyl (C=O) groups is 2. The molecule has 7 heteroatoms. The molecule has 3 aromatic rings. The van der Waals surface area contributed by atoms with Gasteiger partial charge in [-0.3, -0.25) is 4.79 Å². The first-order valence-corrected chi connectivity index (χ1v) is 10.0. The molecule has 1 amide bonds. The van der Waals surface area contributed by atoms with Crippen LogP contribution in [-0.4, -0.2) is 22.2 Å². The average molecular weight is 418 g/mol. The second kappa shape index (κ2) is 8.04.